The van der Waals surface area contributed by atoms with E-state index < -0.39 is 18.5 Å². The van der Waals surface area contributed by atoms with Crippen molar-refractivity contribution in [3.05, 3.63) is 42.0 Å². The third kappa shape index (κ3) is 3.18. The highest BCUT2D eigenvalue weighted by atomic mass is 19.4. The molecule has 0 amide bonds. The molecule has 0 saturated carbocycles. The van der Waals surface area contributed by atoms with Gasteiger partial charge in [0.05, 0.1) is 23.3 Å². The maximum Gasteiger partial charge on any atom is 0.414 e. The quantitative estimate of drug-likeness (QED) is 0.743. The predicted octanol–water partition coefficient (Wildman–Crippen LogP) is 4.22. The average molecular weight is 369 g/mol. The molecule has 2 aromatic rings. The lowest BCUT2D eigenvalue weighted by molar-refractivity contribution is -0.245. The molecule has 1 saturated heterocycles. The predicted molar refractivity (Wildman–Crippen MR) is 87.8 cm³/mol. The minimum Gasteiger partial charge on any atom is -0.346 e. The Morgan fingerprint density at radius 2 is 1.85 bits per heavy atom. The van der Waals surface area contributed by atoms with Crippen LogP contribution in [0.25, 0.3) is 5.69 Å². The van der Waals surface area contributed by atoms with Crippen LogP contribution in [0.3, 0.4) is 0 Å². The number of hydrogen-bond donors (Lipinski definition) is 0. The third-order valence-electron chi connectivity index (χ3n) is 4.99. The van der Waals surface area contributed by atoms with Crippen molar-refractivity contribution in [3.63, 3.8) is 0 Å². The number of anilines is 1. The van der Waals surface area contributed by atoms with Gasteiger partial charge < -0.3 is 9.64 Å². The number of hydrogen-bond acceptors (Lipinski definition) is 3. The van der Waals surface area contributed by atoms with Crippen LogP contribution in [0.4, 0.5) is 23.2 Å². The third-order valence-corrected chi connectivity index (χ3v) is 4.99. The number of alkyl halides is 3. The number of fused-ring (bicyclic) bond motifs is 1. The first kappa shape index (κ1) is 17.3. The van der Waals surface area contributed by atoms with Gasteiger partial charge in [0.2, 0.25) is 0 Å². The molecule has 2 aliphatic heterocycles. The number of nitrogens with zero attached hydrogens (tertiary/aromatic N) is 3. The summed E-state index contributed by atoms with van der Waals surface area (Å²) in [7, 11) is 0. The fourth-order valence-electron chi connectivity index (χ4n) is 3.75. The Labute approximate surface area is 148 Å². The zero-order chi connectivity index (χ0) is 18.3. The van der Waals surface area contributed by atoms with Crippen molar-refractivity contribution in [2.45, 2.75) is 50.6 Å². The molecule has 2 unspecified atom stereocenters. The fraction of sp³-hybridized carbons (Fsp3) is 0.500. The van der Waals surface area contributed by atoms with Crippen LogP contribution in [0, 0.1) is 5.82 Å². The summed E-state index contributed by atoms with van der Waals surface area (Å²) in [4.78, 5) is 1.89. The summed E-state index contributed by atoms with van der Waals surface area (Å²) in [5.41, 5.74) is 2.45. The minimum absolute atomic E-state index is 0.00946. The molecule has 1 aromatic heterocycles. The summed E-state index contributed by atoms with van der Waals surface area (Å²) in [5, 5.41) is 4.39. The van der Waals surface area contributed by atoms with Gasteiger partial charge in [-0.3, -0.25) is 0 Å². The van der Waals surface area contributed by atoms with Crippen LogP contribution >= 0.6 is 0 Å². The molecule has 0 bridgehead atoms. The Bertz CT molecular complexity index is 772. The van der Waals surface area contributed by atoms with Gasteiger partial charge >= 0.3 is 6.18 Å². The van der Waals surface area contributed by atoms with Gasteiger partial charge in [0.25, 0.3) is 0 Å². The van der Waals surface area contributed by atoms with Crippen LogP contribution in [-0.4, -0.2) is 34.8 Å². The highest BCUT2D eigenvalue weighted by Gasteiger charge is 2.45. The molecule has 140 valence electrons. The molecule has 2 aliphatic rings. The molecule has 8 heteroatoms. The zero-order valence-corrected chi connectivity index (χ0v) is 14.0. The SMILES string of the molecule is Fc1ccc(-n2ncc3c2CCCN3C2CCCC(C(F)(F)F)O2)cc1. The Hall–Kier alpha value is -2.09. The second-order valence-electron chi connectivity index (χ2n) is 6.71. The molecular weight excluding hydrogens is 350 g/mol. The van der Waals surface area contributed by atoms with Crippen molar-refractivity contribution < 1.29 is 22.3 Å². The molecular formula is C18H19F4N3O. The van der Waals surface area contributed by atoms with Gasteiger partial charge in [-0.25, -0.2) is 9.07 Å². The van der Waals surface area contributed by atoms with Gasteiger partial charge in [0.15, 0.2) is 6.10 Å². The highest BCUT2D eigenvalue weighted by molar-refractivity contribution is 5.54. The Kier molecular flexibility index (Phi) is 4.38. The van der Waals surface area contributed by atoms with Gasteiger partial charge in [0.1, 0.15) is 12.0 Å². The molecule has 1 aromatic carbocycles. The summed E-state index contributed by atoms with van der Waals surface area (Å²) >= 11 is 0. The van der Waals surface area contributed by atoms with Crippen molar-refractivity contribution >= 4 is 5.69 Å². The zero-order valence-electron chi connectivity index (χ0n) is 14.0. The van der Waals surface area contributed by atoms with Crippen LogP contribution in [0.5, 0.6) is 0 Å². The van der Waals surface area contributed by atoms with Crippen molar-refractivity contribution in [1.82, 2.24) is 9.78 Å². The molecule has 3 heterocycles. The average Bonchev–Trinajstić information content (AvgIpc) is 3.06. The largest absolute Gasteiger partial charge is 0.414 e. The van der Waals surface area contributed by atoms with E-state index in [1.807, 2.05) is 4.90 Å². The van der Waals surface area contributed by atoms with Gasteiger partial charge in [0, 0.05) is 6.54 Å². The molecule has 0 radical (unpaired) electrons. The highest BCUT2D eigenvalue weighted by Crippen LogP contribution is 2.37. The van der Waals surface area contributed by atoms with E-state index in [1.54, 1.807) is 23.0 Å². The standard InChI is InChI=1S/C18H19F4N3O/c19-12-6-8-13(9-7-12)25-14-3-2-10-24(15(14)11-23-25)17-5-1-4-16(26-17)18(20,21)22/h6-9,11,16-17H,1-5,10H2. The molecule has 0 N–H and O–H groups in total. The molecule has 0 aliphatic carbocycles. The topological polar surface area (TPSA) is 30.3 Å². The Balaban J connectivity index is 1.61. The van der Waals surface area contributed by atoms with E-state index in [4.69, 9.17) is 4.74 Å². The van der Waals surface area contributed by atoms with Crippen LogP contribution < -0.4 is 4.90 Å². The monoisotopic (exact) mass is 369 g/mol. The number of benzene rings is 1. The van der Waals surface area contributed by atoms with E-state index in [0.29, 0.717) is 19.4 Å². The molecule has 4 nitrogen and oxygen atoms in total. The van der Waals surface area contributed by atoms with Crippen LogP contribution in [0.15, 0.2) is 30.5 Å². The normalized spacial score (nSPS) is 23.8. The smallest absolute Gasteiger partial charge is 0.346 e. The molecule has 0 spiro atoms. The van der Waals surface area contributed by atoms with E-state index in [2.05, 4.69) is 5.10 Å². The molecule has 26 heavy (non-hydrogen) atoms. The van der Waals surface area contributed by atoms with Crippen molar-refractivity contribution in [2.24, 2.45) is 0 Å². The summed E-state index contributed by atoms with van der Waals surface area (Å²) in [6.45, 7) is 0.636. The minimum atomic E-state index is -4.34. The molecule has 1 fully saturated rings. The Morgan fingerprint density at radius 3 is 2.58 bits per heavy atom. The van der Waals surface area contributed by atoms with Gasteiger partial charge in [-0.1, -0.05) is 0 Å². The van der Waals surface area contributed by atoms with E-state index in [-0.39, 0.29) is 12.2 Å². The van der Waals surface area contributed by atoms with Crippen LogP contribution in [0.2, 0.25) is 0 Å². The second kappa shape index (κ2) is 6.57. The maximum atomic E-state index is 13.2. The van der Waals surface area contributed by atoms with Crippen molar-refractivity contribution in [3.8, 4) is 5.69 Å². The summed E-state index contributed by atoms with van der Waals surface area (Å²) in [6.07, 6.45) is -2.36. The van der Waals surface area contributed by atoms with Crippen LogP contribution in [-0.2, 0) is 11.2 Å². The first-order valence-corrected chi connectivity index (χ1v) is 8.75. The Morgan fingerprint density at radius 1 is 1.08 bits per heavy atom. The van der Waals surface area contributed by atoms with E-state index in [9.17, 15) is 17.6 Å². The van der Waals surface area contributed by atoms with E-state index >= 15 is 0 Å². The van der Waals surface area contributed by atoms with Gasteiger partial charge in [-0.05, 0) is 56.4 Å². The number of rotatable bonds is 2. The lowest BCUT2D eigenvalue weighted by atomic mass is 10.0. The number of aromatic nitrogens is 2. The number of halogens is 4. The van der Waals surface area contributed by atoms with E-state index in [1.165, 1.54) is 12.1 Å². The lowest BCUT2D eigenvalue weighted by Gasteiger charge is -2.40. The van der Waals surface area contributed by atoms with Crippen LogP contribution in [0.1, 0.15) is 31.4 Å². The van der Waals surface area contributed by atoms with Crippen molar-refractivity contribution in [2.75, 3.05) is 11.4 Å². The summed E-state index contributed by atoms with van der Waals surface area (Å²) in [6, 6.07) is 6.00. The maximum absolute atomic E-state index is 13.2. The van der Waals surface area contributed by atoms with E-state index in [0.717, 1.165) is 29.9 Å². The fourth-order valence-corrected chi connectivity index (χ4v) is 3.75. The van der Waals surface area contributed by atoms with Gasteiger partial charge in [-0.15, -0.1) is 0 Å². The first-order chi connectivity index (χ1) is 12.4. The number of ether oxygens (including phenoxy) is 1. The lowest BCUT2D eigenvalue weighted by Crippen LogP contribution is -2.48. The summed E-state index contributed by atoms with van der Waals surface area (Å²) < 4.78 is 59.4. The van der Waals surface area contributed by atoms with Gasteiger partial charge in [-0.2, -0.15) is 18.3 Å². The molecule has 2 atom stereocenters. The summed E-state index contributed by atoms with van der Waals surface area (Å²) in [5.74, 6) is -0.329. The first-order valence-electron chi connectivity index (χ1n) is 8.75. The molecule has 4 rings (SSSR count). The second-order valence-corrected chi connectivity index (χ2v) is 6.71. The van der Waals surface area contributed by atoms with Crippen molar-refractivity contribution in [1.29, 1.82) is 0 Å².